The highest BCUT2D eigenvalue weighted by atomic mass is 32.1. The number of nitrogens with one attached hydrogen (secondary N) is 1. The molecule has 6 nitrogen and oxygen atoms in total. The third-order valence-electron chi connectivity index (χ3n) is 3.68. The quantitative estimate of drug-likeness (QED) is 0.581. The number of fused-ring (bicyclic) bond motifs is 1. The van der Waals surface area contributed by atoms with Crippen LogP contribution in [-0.2, 0) is 6.42 Å². The Morgan fingerprint density at radius 2 is 1.86 bits per heavy atom. The maximum Gasteiger partial charge on any atom is 0.161 e. The minimum absolute atomic E-state index is 0.0536. The van der Waals surface area contributed by atoms with Crippen LogP contribution < -0.4 is 20.5 Å². The summed E-state index contributed by atoms with van der Waals surface area (Å²) >= 11 is 4.05. The number of hydrogen-bond donors (Lipinski definition) is 4. The molecule has 0 bridgehead atoms. The van der Waals surface area contributed by atoms with Gasteiger partial charge in [-0.3, -0.25) is 0 Å². The van der Waals surface area contributed by atoms with Crippen LogP contribution in [-0.4, -0.2) is 49.7 Å². The number of hydrogen-bond acceptors (Lipinski definition) is 6. The Balaban J connectivity index is 0.000000745. The van der Waals surface area contributed by atoms with E-state index in [2.05, 4.69) is 23.3 Å². The smallest absolute Gasteiger partial charge is 0.161 e. The largest absolute Gasteiger partial charge is 0.493 e. The van der Waals surface area contributed by atoms with Gasteiger partial charge in [0.15, 0.2) is 11.5 Å². The van der Waals surface area contributed by atoms with Crippen LogP contribution in [0.5, 0.6) is 11.5 Å². The van der Waals surface area contributed by atoms with Crippen molar-refractivity contribution < 1.29 is 19.7 Å². The van der Waals surface area contributed by atoms with Gasteiger partial charge in [-0.2, -0.15) is 0 Å². The van der Waals surface area contributed by atoms with Gasteiger partial charge in [0.2, 0.25) is 0 Å². The van der Waals surface area contributed by atoms with Crippen molar-refractivity contribution in [1.82, 2.24) is 5.32 Å². The fourth-order valence-corrected chi connectivity index (χ4v) is 2.60. The van der Waals surface area contributed by atoms with Crippen molar-refractivity contribution in [2.24, 2.45) is 11.7 Å². The van der Waals surface area contributed by atoms with Gasteiger partial charge < -0.3 is 30.7 Å². The van der Waals surface area contributed by atoms with E-state index in [9.17, 15) is 10.2 Å². The molecule has 1 aromatic rings. The second-order valence-electron chi connectivity index (χ2n) is 4.85. The van der Waals surface area contributed by atoms with Gasteiger partial charge in [0.05, 0.1) is 19.7 Å². The van der Waals surface area contributed by atoms with Crippen LogP contribution in [0.1, 0.15) is 17.2 Å². The van der Waals surface area contributed by atoms with Crippen LogP contribution in [0.3, 0.4) is 0 Å². The molecule has 2 rings (SSSR count). The van der Waals surface area contributed by atoms with E-state index in [1.807, 2.05) is 12.1 Å². The van der Waals surface area contributed by atoms with Gasteiger partial charge in [-0.1, -0.05) is 12.2 Å². The molecule has 7 heteroatoms. The first-order valence-corrected chi connectivity index (χ1v) is 7.49. The monoisotopic (exact) mass is 328 g/mol. The number of rotatable bonds is 5. The van der Waals surface area contributed by atoms with Gasteiger partial charge in [-0.25, -0.2) is 0 Å². The Labute approximate surface area is 136 Å². The van der Waals surface area contributed by atoms with E-state index in [1.54, 1.807) is 14.2 Å². The number of methoxy groups -OCH3 is 2. The average molecular weight is 328 g/mol. The summed E-state index contributed by atoms with van der Waals surface area (Å²) in [6.45, 7) is 0.716. The van der Waals surface area contributed by atoms with E-state index in [-0.39, 0.29) is 25.2 Å². The third kappa shape index (κ3) is 4.30. The van der Waals surface area contributed by atoms with E-state index in [0.717, 1.165) is 24.0 Å². The van der Waals surface area contributed by atoms with Crippen molar-refractivity contribution in [1.29, 1.82) is 0 Å². The molecule has 0 aromatic heterocycles. The van der Waals surface area contributed by atoms with E-state index < -0.39 is 0 Å². The minimum Gasteiger partial charge on any atom is -0.493 e. The Bertz CT molecular complexity index is 481. The molecule has 0 spiro atoms. The second-order valence-corrected chi connectivity index (χ2v) is 5.12. The summed E-state index contributed by atoms with van der Waals surface area (Å²) in [5, 5.41) is 22.1. The average Bonchev–Trinajstić information content (AvgIpc) is 2.55. The van der Waals surface area contributed by atoms with E-state index in [1.165, 1.54) is 5.56 Å². The van der Waals surface area contributed by atoms with Gasteiger partial charge in [0.25, 0.3) is 0 Å². The predicted octanol–water partition coefficient (Wildman–Crippen LogP) is 0.394. The van der Waals surface area contributed by atoms with Crippen LogP contribution in [0.2, 0.25) is 0 Å². The second kappa shape index (κ2) is 9.58. The molecule has 0 fully saturated rings. The number of aliphatic hydroxyl groups excluding tert-OH is 2. The SMILES string of the molecule is COc1cc2c(cc1OC)C(C(CO)CO)NCC2.NC=S. The van der Waals surface area contributed by atoms with Crippen molar-refractivity contribution in [3.63, 3.8) is 0 Å². The number of benzene rings is 1. The van der Waals surface area contributed by atoms with Crippen molar-refractivity contribution in [3.8, 4) is 11.5 Å². The van der Waals surface area contributed by atoms with Crippen LogP contribution in [0.4, 0.5) is 0 Å². The fraction of sp³-hybridized carbons (Fsp3) is 0.533. The maximum absolute atomic E-state index is 9.38. The molecule has 0 amide bonds. The first-order chi connectivity index (χ1) is 10.7. The van der Waals surface area contributed by atoms with Gasteiger partial charge in [0, 0.05) is 25.2 Å². The minimum atomic E-state index is -0.211. The number of nitrogens with two attached hydrogens (primary N) is 1. The normalized spacial score (nSPS) is 16.3. The zero-order valence-electron chi connectivity index (χ0n) is 12.9. The number of aliphatic hydroxyl groups is 2. The molecule has 124 valence electrons. The molecule has 0 saturated carbocycles. The Morgan fingerprint density at radius 3 is 2.36 bits per heavy atom. The van der Waals surface area contributed by atoms with E-state index in [0.29, 0.717) is 11.5 Å². The topological polar surface area (TPSA) is 97.0 Å². The molecule has 1 aliphatic rings. The highest BCUT2D eigenvalue weighted by Crippen LogP contribution is 2.37. The summed E-state index contributed by atoms with van der Waals surface area (Å²) in [6.07, 6.45) is 0.899. The lowest BCUT2D eigenvalue weighted by Gasteiger charge is -2.32. The van der Waals surface area contributed by atoms with E-state index in [4.69, 9.17) is 9.47 Å². The van der Waals surface area contributed by atoms with Crippen LogP contribution in [0.25, 0.3) is 0 Å². The fourth-order valence-electron chi connectivity index (χ4n) is 2.60. The molecule has 22 heavy (non-hydrogen) atoms. The molecule has 1 atom stereocenters. The third-order valence-corrected chi connectivity index (χ3v) is 3.68. The Morgan fingerprint density at radius 1 is 1.32 bits per heavy atom. The highest BCUT2D eigenvalue weighted by molar-refractivity contribution is 7.78. The standard InChI is InChI=1S/C14H21NO4.CH3NS/c1-18-12-5-9-3-4-15-14(10(7-16)8-17)11(9)6-13(12)19-2;2-1-3/h5-6,10,14-17H,3-4,7-8H2,1-2H3;1H,(H2,2,3). The summed E-state index contributed by atoms with van der Waals surface area (Å²) in [7, 11) is 3.22. The summed E-state index contributed by atoms with van der Waals surface area (Å²) in [6, 6.07) is 3.86. The molecule has 1 unspecified atom stereocenters. The van der Waals surface area contributed by atoms with Crippen LogP contribution in [0, 0.1) is 5.92 Å². The first-order valence-electron chi connectivity index (χ1n) is 7.02. The zero-order chi connectivity index (χ0) is 16.5. The lowest BCUT2D eigenvalue weighted by molar-refractivity contribution is 0.117. The van der Waals surface area contributed by atoms with Gasteiger partial charge in [-0.05, 0) is 36.2 Å². The van der Waals surface area contributed by atoms with Crippen LogP contribution in [0.15, 0.2) is 12.1 Å². The zero-order valence-corrected chi connectivity index (χ0v) is 13.7. The molecule has 1 aromatic carbocycles. The number of ether oxygens (including phenoxy) is 2. The summed E-state index contributed by atoms with van der Waals surface area (Å²) in [5.74, 6) is 1.17. The van der Waals surface area contributed by atoms with Gasteiger partial charge >= 0.3 is 0 Å². The lowest BCUT2D eigenvalue weighted by Crippen LogP contribution is -2.37. The molecular weight excluding hydrogens is 304 g/mol. The molecule has 0 saturated heterocycles. The molecular formula is C15H24N2O4S. The first kappa shape index (κ1) is 18.6. The summed E-state index contributed by atoms with van der Waals surface area (Å²) in [4.78, 5) is 0. The summed E-state index contributed by atoms with van der Waals surface area (Å²) in [5.41, 5.74) is 7.86. The molecule has 0 radical (unpaired) electrons. The molecule has 5 N–H and O–H groups in total. The lowest BCUT2D eigenvalue weighted by atomic mass is 9.86. The van der Waals surface area contributed by atoms with Crippen molar-refractivity contribution in [2.45, 2.75) is 12.5 Å². The van der Waals surface area contributed by atoms with Crippen LogP contribution >= 0.6 is 12.2 Å². The van der Waals surface area contributed by atoms with Gasteiger partial charge in [0.1, 0.15) is 0 Å². The Kier molecular flexibility index (Phi) is 8.11. The van der Waals surface area contributed by atoms with E-state index >= 15 is 0 Å². The maximum atomic E-state index is 9.38. The Hall–Kier alpha value is -1.41. The van der Waals surface area contributed by atoms with Crippen molar-refractivity contribution >= 4 is 17.7 Å². The molecule has 1 heterocycles. The molecule has 0 aliphatic carbocycles. The predicted molar refractivity (Wildman–Crippen MR) is 89.5 cm³/mol. The summed E-state index contributed by atoms with van der Waals surface area (Å²) < 4.78 is 10.6. The highest BCUT2D eigenvalue weighted by Gasteiger charge is 2.28. The van der Waals surface area contributed by atoms with Crippen molar-refractivity contribution in [2.75, 3.05) is 34.0 Å². The molecule has 1 aliphatic heterocycles. The van der Waals surface area contributed by atoms with Crippen molar-refractivity contribution in [3.05, 3.63) is 23.3 Å². The van der Waals surface area contributed by atoms with Gasteiger partial charge in [-0.15, -0.1) is 0 Å². The number of thiocarbonyl (C=S) groups is 1.